The molecule has 2 N–H and O–H groups in total. The van der Waals surface area contributed by atoms with Gasteiger partial charge in [0.15, 0.2) is 11.6 Å². The van der Waals surface area contributed by atoms with Crippen LogP contribution in [0, 0.1) is 11.6 Å². The van der Waals surface area contributed by atoms with E-state index in [2.05, 4.69) is 0 Å². The first-order valence-electron chi connectivity index (χ1n) is 5.21. The Labute approximate surface area is 101 Å². The van der Waals surface area contributed by atoms with Gasteiger partial charge in [0.05, 0.1) is 12.1 Å². The first-order chi connectivity index (χ1) is 8.26. The van der Waals surface area contributed by atoms with E-state index in [4.69, 9.17) is 5.73 Å². The predicted octanol–water partition coefficient (Wildman–Crippen LogP) is 2.81. The molecule has 0 saturated heterocycles. The quantitative estimate of drug-likeness (QED) is 0.851. The van der Waals surface area contributed by atoms with Crippen molar-refractivity contribution in [2.45, 2.75) is 19.1 Å². The van der Waals surface area contributed by atoms with Crippen molar-refractivity contribution >= 4 is 5.69 Å². The van der Waals surface area contributed by atoms with Crippen LogP contribution < -0.4 is 10.6 Å². The molecule has 0 aliphatic heterocycles. The fourth-order valence-electron chi connectivity index (χ4n) is 1.45. The predicted molar refractivity (Wildman–Crippen MR) is 58.2 cm³/mol. The summed E-state index contributed by atoms with van der Waals surface area (Å²) in [5.74, 6) is -2.29. The summed E-state index contributed by atoms with van der Waals surface area (Å²) in [4.78, 5) is 1.02. The summed E-state index contributed by atoms with van der Waals surface area (Å²) in [6, 6.07) is 2.48. The number of nitrogens with zero attached hydrogens (tertiary/aromatic N) is 1. The van der Waals surface area contributed by atoms with Gasteiger partial charge in [0.2, 0.25) is 0 Å². The lowest BCUT2D eigenvalue weighted by molar-refractivity contribution is -0.132. The highest BCUT2D eigenvalue weighted by atomic mass is 19.4. The van der Waals surface area contributed by atoms with Gasteiger partial charge < -0.3 is 10.6 Å². The van der Waals surface area contributed by atoms with E-state index in [9.17, 15) is 22.0 Å². The zero-order valence-electron chi connectivity index (χ0n) is 9.69. The molecule has 0 aliphatic rings. The zero-order chi connectivity index (χ0) is 13.9. The minimum Gasteiger partial charge on any atom is -0.372 e. The molecule has 0 unspecified atom stereocenters. The molecule has 1 aromatic carbocycles. The minimum atomic E-state index is -4.33. The largest absolute Gasteiger partial charge is 0.390 e. The maximum absolute atomic E-state index is 13.6. The van der Waals surface area contributed by atoms with Crippen molar-refractivity contribution in [3.63, 3.8) is 0 Å². The second-order valence-corrected chi connectivity index (χ2v) is 3.86. The molecule has 1 aromatic rings. The molecule has 0 amide bonds. The standard InChI is InChI=1S/C11H13F5N2/c1-18(5-4-11(14,15)16)8-3-2-7(6-17)9(12)10(8)13/h2-3H,4-6,17H2,1H3. The molecule has 0 spiro atoms. The number of anilines is 1. The van der Waals surface area contributed by atoms with Crippen LogP contribution >= 0.6 is 0 Å². The Bertz CT molecular complexity index is 417. The highest BCUT2D eigenvalue weighted by Gasteiger charge is 2.28. The SMILES string of the molecule is CN(CCC(F)(F)F)c1ccc(CN)c(F)c1F. The Kier molecular flexibility index (Phi) is 4.50. The van der Waals surface area contributed by atoms with Gasteiger partial charge in [-0.1, -0.05) is 6.07 Å². The fourth-order valence-corrected chi connectivity index (χ4v) is 1.45. The lowest BCUT2D eigenvalue weighted by Gasteiger charge is -2.21. The van der Waals surface area contributed by atoms with Crippen LogP contribution in [-0.2, 0) is 6.54 Å². The maximum atomic E-state index is 13.6. The molecule has 0 aliphatic carbocycles. The topological polar surface area (TPSA) is 29.3 Å². The molecule has 0 fully saturated rings. The number of alkyl halides is 3. The van der Waals surface area contributed by atoms with E-state index in [-0.39, 0.29) is 17.8 Å². The van der Waals surface area contributed by atoms with Crippen LogP contribution in [-0.4, -0.2) is 19.8 Å². The van der Waals surface area contributed by atoms with Crippen molar-refractivity contribution in [1.82, 2.24) is 0 Å². The van der Waals surface area contributed by atoms with E-state index in [1.165, 1.54) is 19.2 Å². The molecule has 0 bridgehead atoms. The summed E-state index contributed by atoms with van der Waals surface area (Å²) in [7, 11) is 1.27. The molecule has 7 heteroatoms. The van der Waals surface area contributed by atoms with Crippen LogP contribution in [0.4, 0.5) is 27.6 Å². The van der Waals surface area contributed by atoms with Gasteiger partial charge in [-0.2, -0.15) is 13.2 Å². The lowest BCUT2D eigenvalue weighted by atomic mass is 10.1. The number of halogens is 5. The van der Waals surface area contributed by atoms with Gasteiger partial charge in [-0.25, -0.2) is 8.78 Å². The Balaban J connectivity index is 2.87. The molecule has 0 saturated carbocycles. The number of rotatable bonds is 4. The first-order valence-corrected chi connectivity index (χ1v) is 5.21. The van der Waals surface area contributed by atoms with Crippen LogP contribution in [0.25, 0.3) is 0 Å². The second kappa shape index (κ2) is 5.51. The molecule has 1 rings (SSSR count). The third-order valence-electron chi connectivity index (χ3n) is 2.50. The molecule has 0 aromatic heterocycles. The number of benzene rings is 1. The highest BCUT2D eigenvalue weighted by Crippen LogP contribution is 2.25. The van der Waals surface area contributed by atoms with E-state index in [0.29, 0.717) is 0 Å². The molecular formula is C11H13F5N2. The van der Waals surface area contributed by atoms with Crippen molar-refractivity contribution in [3.05, 3.63) is 29.3 Å². The van der Waals surface area contributed by atoms with Crippen LogP contribution in [0.3, 0.4) is 0 Å². The smallest absolute Gasteiger partial charge is 0.372 e. The van der Waals surface area contributed by atoms with Crippen molar-refractivity contribution < 1.29 is 22.0 Å². The van der Waals surface area contributed by atoms with E-state index >= 15 is 0 Å². The van der Waals surface area contributed by atoms with Crippen molar-refractivity contribution in [1.29, 1.82) is 0 Å². The minimum absolute atomic E-state index is 0.0135. The summed E-state index contributed by atoms with van der Waals surface area (Å²) in [5.41, 5.74) is 4.97. The third-order valence-corrected chi connectivity index (χ3v) is 2.50. The number of nitrogens with two attached hydrogens (primary N) is 1. The Hall–Kier alpha value is -1.37. The zero-order valence-corrected chi connectivity index (χ0v) is 9.69. The summed E-state index contributed by atoms with van der Waals surface area (Å²) in [5, 5.41) is 0. The van der Waals surface area contributed by atoms with Gasteiger partial charge in [-0.05, 0) is 6.07 Å². The normalized spacial score (nSPS) is 11.7. The van der Waals surface area contributed by atoms with Crippen molar-refractivity contribution in [2.24, 2.45) is 5.73 Å². The summed E-state index contributed by atoms with van der Waals surface area (Å²) in [6.45, 7) is -0.614. The van der Waals surface area contributed by atoms with Crippen molar-refractivity contribution in [2.75, 3.05) is 18.5 Å². The van der Waals surface area contributed by atoms with E-state index in [1.807, 2.05) is 0 Å². The van der Waals surface area contributed by atoms with Crippen LogP contribution in [0.2, 0.25) is 0 Å². The Morgan fingerprint density at radius 2 is 1.78 bits per heavy atom. The van der Waals surface area contributed by atoms with Crippen molar-refractivity contribution in [3.8, 4) is 0 Å². The van der Waals surface area contributed by atoms with Gasteiger partial charge >= 0.3 is 6.18 Å². The lowest BCUT2D eigenvalue weighted by Crippen LogP contribution is -2.25. The van der Waals surface area contributed by atoms with E-state index in [0.717, 1.165) is 4.90 Å². The van der Waals surface area contributed by atoms with Gasteiger partial charge in [0.1, 0.15) is 0 Å². The van der Waals surface area contributed by atoms with Gasteiger partial charge in [0.25, 0.3) is 0 Å². The number of hydrogen-bond acceptors (Lipinski definition) is 2. The van der Waals surface area contributed by atoms with Gasteiger partial charge in [-0.3, -0.25) is 0 Å². The first kappa shape index (κ1) is 14.7. The molecule has 0 heterocycles. The van der Waals surface area contributed by atoms with E-state index in [1.54, 1.807) is 0 Å². The summed E-state index contributed by atoms with van der Waals surface area (Å²) in [6.07, 6.45) is -5.43. The van der Waals surface area contributed by atoms with Crippen LogP contribution in [0.1, 0.15) is 12.0 Å². The van der Waals surface area contributed by atoms with E-state index < -0.39 is 30.8 Å². The Morgan fingerprint density at radius 3 is 2.28 bits per heavy atom. The second-order valence-electron chi connectivity index (χ2n) is 3.86. The molecule has 0 atom stereocenters. The molecular weight excluding hydrogens is 255 g/mol. The summed E-state index contributed by atoms with van der Waals surface area (Å²) < 4.78 is 63.0. The van der Waals surface area contributed by atoms with Crippen LogP contribution in [0.15, 0.2) is 12.1 Å². The molecule has 18 heavy (non-hydrogen) atoms. The maximum Gasteiger partial charge on any atom is 0.390 e. The molecule has 0 radical (unpaired) electrons. The average Bonchev–Trinajstić information content (AvgIpc) is 2.28. The third kappa shape index (κ3) is 3.56. The highest BCUT2D eigenvalue weighted by molar-refractivity contribution is 5.49. The van der Waals surface area contributed by atoms with Gasteiger partial charge in [0, 0.05) is 25.7 Å². The monoisotopic (exact) mass is 268 g/mol. The molecule has 2 nitrogen and oxygen atoms in total. The van der Waals surface area contributed by atoms with Gasteiger partial charge in [-0.15, -0.1) is 0 Å². The number of hydrogen-bond donors (Lipinski definition) is 1. The Morgan fingerprint density at radius 1 is 1.17 bits per heavy atom. The average molecular weight is 268 g/mol. The molecule has 102 valence electrons. The fraction of sp³-hybridized carbons (Fsp3) is 0.455. The van der Waals surface area contributed by atoms with Crippen LogP contribution in [0.5, 0.6) is 0 Å². The summed E-state index contributed by atoms with van der Waals surface area (Å²) >= 11 is 0.